The number of fused-ring (bicyclic) bond motifs is 1. The lowest BCUT2D eigenvalue weighted by Crippen LogP contribution is -2.38. The van der Waals surface area contributed by atoms with E-state index in [1.807, 2.05) is 13.0 Å². The third-order valence-electron chi connectivity index (χ3n) is 4.48. The van der Waals surface area contributed by atoms with Gasteiger partial charge in [-0.3, -0.25) is 4.79 Å². The van der Waals surface area contributed by atoms with Crippen LogP contribution in [0.3, 0.4) is 0 Å². The maximum absolute atomic E-state index is 12.3. The van der Waals surface area contributed by atoms with E-state index in [-0.39, 0.29) is 29.5 Å². The monoisotopic (exact) mass is 248 g/mol. The molecule has 98 valence electrons. The quantitative estimate of drug-likeness (QED) is 0.835. The average Bonchev–Trinajstić information content (AvgIpc) is 2.73. The molecule has 3 heteroatoms. The van der Waals surface area contributed by atoms with E-state index in [2.05, 4.69) is 13.8 Å². The van der Waals surface area contributed by atoms with Crippen molar-refractivity contribution in [3.8, 4) is 0 Å². The number of hydrogen-bond donors (Lipinski definition) is 1. The Balaban J connectivity index is 2.42. The van der Waals surface area contributed by atoms with Crippen LogP contribution in [0.1, 0.15) is 33.6 Å². The van der Waals surface area contributed by atoms with Crippen molar-refractivity contribution in [2.24, 2.45) is 23.7 Å². The Morgan fingerprint density at radius 3 is 2.78 bits per heavy atom. The summed E-state index contributed by atoms with van der Waals surface area (Å²) in [5.74, 6) is -0.568. The predicted octanol–water partition coefficient (Wildman–Crippen LogP) is 2.82. The standard InChI is InChI=1S/C15H20O3/c1-4-8(2)12-13-10(7-9(3)14(12)16)5-6-11(13)15(17)18/h6-8,10,12-13H,4-5H2,1-3H3,(H,17,18). The second kappa shape index (κ2) is 4.71. The van der Waals surface area contributed by atoms with E-state index in [0.717, 1.165) is 18.4 Å². The second-order valence-electron chi connectivity index (χ2n) is 5.52. The highest BCUT2D eigenvalue weighted by atomic mass is 16.4. The number of aliphatic carboxylic acids is 1. The molecule has 0 aromatic rings. The molecule has 2 rings (SSSR count). The molecular weight excluding hydrogens is 228 g/mol. The molecule has 2 aliphatic rings. The van der Waals surface area contributed by atoms with Gasteiger partial charge < -0.3 is 5.11 Å². The van der Waals surface area contributed by atoms with Crippen molar-refractivity contribution in [3.05, 3.63) is 23.3 Å². The minimum atomic E-state index is -0.864. The summed E-state index contributed by atoms with van der Waals surface area (Å²) in [7, 11) is 0. The van der Waals surface area contributed by atoms with E-state index in [1.165, 1.54) is 0 Å². The first kappa shape index (κ1) is 13.1. The van der Waals surface area contributed by atoms with Crippen LogP contribution in [0, 0.1) is 23.7 Å². The number of carboxylic acid groups (broad SMARTS) is 1. The van der Waals surface area contributed by atoms with Crippen LogP contribution >= 0.6 is 0 Å². The van der Waals surface area contributed by atoms with Crippen molar-refractivity contribution in [2.75, 3.05) is 0 Å². The lowest BCUT2D eigenvalue weighted by Gasteiger charge is -2.35. The molecule has 0 aliphatic heterocycles. The van der Waals surface area contributed by atoms with Crippen molar-refractivity contribution in [1.82, 2.24) is 0 Å². The van der Waals surface area contributed by atoms with Gasteiger partial charge in [0.15, 0.2) is 5.78 Å². The first-order valence-corrected chi connectivity index (χ1v) is 6.63. The first-order chi connectivity index (χ1) is 8.47. The smallest absolute Gasteiger partial charge is 0.331 e. The van der Waals surface area contributed by atoms with Crippen LogP contribution in [0.25, 0.3) is 0 Å². The summed E-state index contributed by atoms with van der Waals surface area (Å²) in [5, 5.41) is 9.28. The highest BCUT2D eigenvalue weighted by molar-refractivity contribution is 6.00. The zero-order chi connectivity index (χ0) is 13.4. The number of hydrogen-bond acceptors (Lipinski definition) is 2. The molecule has 0 saturated carbocycles. The van der Waals surface area contributed by atoms with Crippen LogP contribution in [0.15, 0.2) is 23.3 Å². The fraction of sp³-hybridized carbons (Fsp3) is 0.600. The minimum Gasteiger partial charge on any atom is -0.478 e. The van der Waals surface area contributed by atoms with E-state index in [4.69, 9.17) is 0 Å². The van der Waals surface area contributed by atoms with Crippen LogP contribution in [0.2, 0.25) is 0 Å². The number of carbonyl (C=O) groups is 2. The van der Waals surface area contributed by atoms with Crippen molar-refractivity contribution in [1.29, 1.82) is 0 Å². The van der Waals surface area contributed by atoms with E-state index >= 15 is 0 Å². The Labute approximate surface area is 108 Å². The first-order valence-electron chi connectivity index (χ1n) is 6.63. The summed E-state index contributed by atoms with van der Waals surface area (Å²) >= 11 is 0. The lowest BCUT2D eigenvalue weighted by molar-refractivity contribution is -0.134. The molecule has 0 amide bonds. The number of ketones is 1. The molecule has 0 spiro atoms. The van der Waals surface area contributed by atoms with E-state index in [9.17, 15) is 14.7 Å². The molecule has 0 aromatic heterocycles. The zero-order valence-electron chi connectivity index (χ0n) is 11.1. The Hall–Kier alpha value is -1.38. The van der Waals surface area contributed by atoms with E-state index in [0.29, 0.717) is 5.57 Å². The highest BCUT2D eigenvalue weighted by Gasteiger charge is 2.45. The van der Waals surface area contributed by atoms with Crippen molar-refractivity contribution >= 4 is 11.8 Å². The highest BCUT2D eigenvalue weighted by Crippen LogP contribution is 2.46. The average molecular weight is 248 g/mol. The van der Waals surface area contributed by atoms with Gasteiger partial charge in [0.25, 0.3) is 0 Å². The Morgan fingerprint density at radius 1 is 1.56 bits per heavy atom. The van der Waals surface area contributed by atoms with Crippen LogP contribution in [0.5, 0.6) is 0 Å². The molecule has 18 heavy (non-hydrogen) atoms. The third kappa shape index (κ3) is 1.92. The molecule has 0 saturated heterocycles. The fourth-order valence-electron chi connectivity index (χ4n) is 3.33. The molecule has 2 aliphatic carbocycles. The van der Waals surface area contributed by atoms with Crippen molar-refractivity contribution < 1.29 is 14.7 Å². The summed E-state index contributed by atoms with van der Waals surface area (Å²) < 4.78 is 0. The van der Waals surface area contributed by atoms with Gasteiger partial charge in [0.1, 0.15) is 0 Å². The second-order valence-corrected chi connectivity index (χ2v) is 5.52. The molecule has 0 fully saturated rings. The maximum Gasteiger partial charge on any atom is 0.331 e. The minimum absolute atomic E-state index is 0.117. The molecule has 0 bridgehead atoms. The van der Waals surface area contributed by atoms with Gasteiger partial charge in [0, 0.05) is 17.4 Å². The SMILES string of the molecule is CCC(C)C1C(=O)C(C)=CC2CC=C(C(=O)O)C21. The number of Topliss-reactive ketones (excluding diaryl/α,β-unsaturated/α-hetero) is 1. The van der Waals surface area contributed by atoms with E-state index in [1.54, 1.807) is 6.08 Å². The van der Waals surface area contributed by atoms with Crippen molar-refractivity contribution in [3.63, 3.8) is 0 Å². The largest absolute Gasteiger partial charge is 0.478 e. The Bertz CT molecular complexity index is 445. The molecule has 0 heterocycles. The summed E-state index contributed by atoms with van der Waals surface area (Å²) in [6.45, 7) is 5.96. The summed E-state index contributed by atoms with van der Waals surface area (Å²) in [6.07, 6.45) is 5.43. The van der Waals surface area contributed by atoms with Gasteiger partial charge in [-0.05, 0) is 30.8 Å². The summed E-state index contributed by atoms with van der Waals surface area (Å²) in [6, 6.07) is 0. The molecule has 4 unspecified atom stereocenters. The Morgan fingerprint density at radius 2 is 2.22 bits per heavy atom. The summed E-state index contributed by atoms with van der Waals surface area (Å²) in [5.41, 5.74) is 1.25. The number of carbonyl (C=O) groups excluding carboxylic acids is 1. The van der Waals surface area contributed by atoms with Crippen molar-refractivity contribution in [2.45, 2.75) is 33.6 Å². The molecular formula is C15H20O3. The maximum atomic E-state index is 12.3. The number of rotatable bonds is 3. The lowest BCUT2D eigenvalue weighted by atomic mass is 9.66. The molecule has 4 atom stereocenters. The van der Waals surface area contributed by atoms with Crippen LogP contribution in [-0.4, -0.2) is 16.9 Å². The number of allylic oxidation sites excluding steroid dienone is 3. The molecule has 0 aromatic carbocycles. The topological polar surface area (TPSA) is 54.4 Å². The van der Waals surface area contributed by atoms with E-state index < -0.39 is 5.97 Å². The van der Waals surface area contributed by atoms with Gasteiger partial charge in [-0.2, -0.15) is 0 Å². The summed E-state index contributed by atoms with van der Waals surface area (Å²) in [4.78, 5) is 23.6. The van der Waals surface area contributed by atoms with Gasteiger partial charge in [-0.15, -0.1) is 0 Å². The zero-order valence-corrected chi connectivity index (χ0v) is 11.1. The third-order valence-corrected chi connectivity index (χ3v) is 4.48. The predicted molar refractivity (Wildman–Crippen MR) is 69.0 cm³/mol. The van der Waals surface area contributed by atoms with Crippen LogP contribution < -0.4 is 0 Å². The Kier molecular flexibility index (Phi) is 3.42. The normalized spacial score (nSPS) is 32.6. The van der Waals surface area contributed by atoms with Gasteiger partial charge in [-0.1, -0.05) is 32.4 Å². The van der Waals surface area contributed by atoms with Gasteiger partial charge in [0.05, 0.1) is 0 Å². The van der Waals surface area contributed by atoms with Gasteiger partial charge in [0.2, 0.25) is 0 Å². The molecule has 1 N–H and O–H groups in total. The molecule has 3 nitrogen and oxygen atoms in total. The number of carboxylic acids is 1. The van der Waals surface area contributed by atoms with Crippen LogP contribution in [-0.2, 0) is 9.59 Å². The fourth-order valence-corrected chi connectivity index (χ4v) is 3.33. The van der Waals surface area contributed by atoms with Gasteiger partial charge in [-0.25, -0.2) is 4.79 Å². The molecule has 0 radical (unpaired) electrons. The van der Waals surface area contributed by atoms with Gasteiger partial charge >= 0.3 is 5.97 Å². The van der Waals surface area contributed by atoms with Crippen LogP contribution in [0.4, 0.5) is 0 Å².